The molecule has 0 radical (unpaired) electrons. The van der Waals surface area contributed by atoms with Crippen LogP contribution >= 0.6 is 0 Å². The first-order chi connectivity index (χ1) is 7.59. The Hall–Kier alpha value is -0.453. The van der Waals surface area contributed by atoms with Crippen molar-refractivity contribution in [1.82, 2.24) is 0 Å². The highest BCUT2D eigenvalue weighted by molar-refractivity contribution is 6.77. The van der Waals surface area contributed by atoms with Crippen LogP contribution in [0.3, 0.4) is 0 Å². The SMILES string of the molecule is CC(=O)/C(=C/[C@H]1COC(C)(C)O1)C[Si](C)(C)C. The zero-order chi connectivity index (χ0) is 13.3. The van der Waals surface area contributed by atoms with Gasteiger partial charge in [-0.2, -0.15) is 0 Å². The molecule has 4 heteroatoms. The van der Waals surface area contributed by atoms with Crippen LogP contribution in [0.1, 0.15) is 20.8 Å². The molecule has 3 nitrogen and oxygen atoms in total. The van der Waals surface area contributed by atoms with Gasteiger partial charge in [0.25, 0.3) is 0 Å². The second-order valence-corrected chi connectivity index (χ2v) is 11.8. The maximum Gasteiger partial charge on any atom is 0.163 e. The maximum absolute atomic E-state index is 11.6. The summed E-state index contributed by atoms with van der Waals surface area (Å²) in [6.45, 7) is 12.8. The van der Waals surface area contributed by atoms with Gasteiger partial charge in [0, 0.05) is 8.07 Å². The number of ketones is 1. The molecule has 98 valence electrons. The Morgan fingerprint density at radius 1 is 1.41 bits per heavy atom. The van der Waals surface area contributed by atoms with Crippen molar-refractivity contribution in [2.75, 3.05) is 6.61 Å². The summed E-state index contributed by atoms with van der Waals surface area (Å²) in [6.07, 6.45) is 1.87. The van der Waals surface area contributed by atoms with Crippen molar-refractivity contribution in [2.24, 2.45) is 0 Å². The van der Waals surface area contributed by atoms with E-state index in [1.165, 1.54) is 0 Å². The molecule has 0 unspecified atom stereocenters. The lowest BCUT2D eigenvalue weighted by Gasteiger charge is -2.19. The first-order valence-corrected chi connectivity index (χ1v) is 9.83. The maximum atomic E-state index is 11.6. The lowest BCUT2D eigenvalue weighted by molar-refractivity contribution is -0.133. The van der Waals surface area contributed by atoms with E-state index in [0.29, 0.717) is 6.61 Å². The summed E-state index contributed by atoms with van der Waals surface area (Å²) in [6, 6.07) is 0.905. The van der Waals surface area contributed by atoms with Crippen molar-refractivity contribution >= 4 is 13.9 Å². The van der Waals surface area contributed by atoms with E-state index in [4.69, 9.17) is 9.47 Å². The predicted molar refractivity (Wildman–Crippen MR) is 71.8 cm³/mol. The van der Waals surface area contributed by atoms with Crippen LogP contribution in [0, 0.1) is 0 Å². The Labute approximate surface area is 105 Å². The molecule has 1 aliphatic rings. The van der Waals surface area contributed by atoms with E-state index in [2.05, 4.69) is 19.6 Å². The molecule has 0 spiro atoms. The third-order valence-electron chi connectivity index (χ3n) is 2.59. The van der Waals surface area contributed by atoms with Gasteiger partial charge in [-0.25, -0.2) is 0 Å². The second-order valence-electron chi connectivity index (χ2n) is 6.35. The highest BCUT2D eigenvalue weighted by Gasteiger charge is 2.32. The van der Waals surface area contributed by atoms with Gasteiger partial charge in [-0.3, -0.25) is 4.79 Å². The van der Waals surface area contributed by atoms with Gasteiger partial charge in [0.1, 0.15) is 6.10 Å². The highest BCUT2D eigenvalue weighted by Crippen LogP contribution is 2.25. The van der Waals surface area contributed by atoms with Crippen molar-refractivity contribution in [1.29, 1.82) is 0 Å². The average Bonchev–Trinajstić information content (AvgIpc) is 2.41. The van der Waals surface area contributed by atoms with Crippen LogP contribution in [-0.2, 0) is 14.3 Å². The fourth-order valence-electron chi connectivity index (χ4n) is 1.89. The molecule has 1 rings (SSSR count). The normalized spacial score (nSPS) is 25.1. The van der Waals surface area contributed by atoms with Gasteiger partial charge < -0.3 is 9.47 Å². The van der Waals surface area contributed by atoms with Crippen molar-refractivity contribution in [3.8, 4) is 0 Å². The number of carbonyl (C=O) groups excluding carboxylic acids is 1. The Morgan fingerprint density at radius 3 is 2.35 bits per heavy atom. The Kier molecular flexibility index (Phi) is 4.33. The molecule has 1 fully saturated rings. The van der Waals surface area contributed by atoms with Crippen molar-refractivity contribution in [2.45, 2.75) is 58.3 Å². The van der Waals surface area contributed by atoms with Crippen molar-refractivity contribution < 1.29 is 14.3 Å². The number of Topliss-reactive ketones (excluding diaryl/α,β-unsaturated/α-hetero) is 1. The first kappa shape index (κ1) is 14.6. The minimum Gasteiger partial charge on any atom is -0.347 e. The lowest BCUT2D eigenvalue weighted by Crippen LogP contribution is -2.24. The van der Waals surface area contributed by atoms with Crippen LogP contribution < -0.4 is 0 Å². The standard InChI is InChI=1S/C13H24O3Si/c1-10(14)11(9-17(4,5)6)7-12-8-15-13(2,3)16-12/h7,12H,8-9H2,1-6H3/b11-7+/t12-/m0/s1. The van der Waals surface area contributed by atoms with E-state index in [0.717, 1.165) is 11.6 Å². The fourth-order valence-corrected chi connectivity index (χ4v) is 3.40. The monoisotopic (exact) mass is 256 g/mol. The van der Waals surface area contributed by atoms with Crippen LogP contribution in [0.25, 0.3) is 0 Å². The number of hydrogen-bond donors (Lipinski definition) is 0. The molecule has 1 aliphatic heterocycles. The summed E-state index contributed by atoms with van der Waals surface area (Å²) in [5.74, 6) is -0.372. The minimum absolute atomic E-state index is 0.0831. The molecule has 0 aromatic heterocycles. The molecule has 0 amide bonds. The molecule has 0 saturated carbocycles. The number of hydrogen-bond acceptors (Lipinski definition) is 3. The molecule has 0 aromatic rings. The fraction of sp³-hybridized carbons (Fsp3) is 0.769. The second kappa shape index (κ2) is 5.04. The summed E-state index contributed by atoms with van der Waals surface area (Å²) in [5, 5.41) is 0. The zero-order valence-corrected chi connectivity index (χ0v) is 12.8. The predicted octanol–water partition coefficient (Wildman–Crippen LogP) is 2.99. The summed E-state index contributed by atoms with van der Waals surface area (Å²) < 4.78 is 11.2. The van der Waals surface area contributed by atoms with Gasteiger partial charge >= 0.3 is 0 Å². The van der Waals surface area contributed by atoms with Gasteiger partial charge in [0.2, 0.25) is 0 Å². The zero-order valence-electron chi connectivity index (χ0n) is 11.8. The van der Waals surface area contributed by atoms with E-state index in [-0.39, 0.29) is 11.9 Å². The molecule has 0 N–H and O–H groups in total. The molecule has 17 heavy (non-hydrogen) atoms. The molecule has 1 heterocycles. The van der Waals surface area contributed by atoms with Crippen LogP contribution in [0.15, 0.2) is 11.6 Å². The van der Waals surface area contributed by atoms with Crippen LogP contribution in [0.5, 0.6) is 0 Å². The van der Waals surface area contributed by atoms with E-state index >= 15 is 0 Å². The van der Waals surface area contributed by atoms with E-state index < -0.39 is 13.9 Å². The Balaban J connectivity index is 2.75. The van der Waals surface area contributed by atoms with E-state index in [9.17, 15) is 4.79 Å². The van der Waals surface area contributed by atoms with Crippen LogP contribution in [0.4, 0.5) is 0 Å². The first-order valence-electron chi connectivity index (χ1n) is 6.12. The van der Waals surface area contributed by atoms with Gasteiger partial charge in [0.05, 0.1) is 6.61 Å². The van der Waals surface area contributed by atoms with E-state index in [1.54, 1.807) is 6.92 Å². The highest BCUT2D eigenvalue weighted by atomic mass is 28.3. The quantitative estimate of drug-likeness (QED) is 0.573. The lowest BCUT2D eigenvalue weighted by atomic mass is 10.1. The summed E-state index contributed by atoms with van der Waals surface area (Å²) in [5.41, 5.74) is 0.899. The third kappa shape index (κ3) is 5.15. The number of ether oxygens (including phenoxy) is 2. The largest absolute Gasteiger partial charge is 0.347 e. The summed E-state index contributed by atoms with van der Waals surface area (Å²) in [4.78, 5) is 11.6. The van der Waals surface area contributed by atoms with Crippen molar-refractivity contribution in [3.05, 3.63) is 11.6 Å². The molecule has 1 saturated heterocycles. The molecule has 0 bridgehead atoms. The number of rotatable bonds is 4. The average molecular weight is 256 g/mol. The minimum atomic E-state index is -1.28. The molecule has 0 aromatic carbocycles. The van der Waals surface area contributed by atoms with E-state index in [1.807, 2.05) is 19.9 Å². The molecular formula is C13H24O3Si. The van der Waals surface area contributed by atoms with Gasteiger partial charge in [0.15, 0.2) is 11.6 Å². The van der Waals surface area contributed by atoms with Crippen LogP contribution in [-0.4, -0.2) is 32.4 Å². The summed E-state index contributed by atoms with van der Waals surface area (Å²) >= 11 is 0. The number of carbonyl (C=O) groups is 1. The van der Waals surface area contributed by atoms with Crippen LogP contribution in [0.2, 0.25) is 25.7 Å². The smallest absolute Gasteiger partial charge is 0.163 e. The number of allylic oxidation sites excluding steroid dienone is 1. The Bertz CT molecular complexity index is 326. The van der Waals surface area contributed by atoms with Crippen molar-refractivity contribution in [3.63, 3.8) is 0 Å². The Morgan fingerprint density at radius 2 is 2.00 bits per heavy atom. The van der Waals surface area contributed by atoms with Gasteiger partial charge in [-0.05, 0) is 38.5 Å². The molecule has 0 aliphatic carbocycles. The summed E-state index contributed by atoms with van der Waals surface area (Å²) in [7, 11) is -1.28. The topological polar surface area (TPSA) is 35.5 Å². The molecule has 1 atom stereocenters. The molecular weight excluding hydrogens is 232 g/mol. The van der Waals surface area contributed by atoms with Gasteiger partial charge in [-0.15, -0.1) is 0 Å². The van der Waals surface area contributed by atoms with Gasteiger partial charge in [-0.1, -0.05) is 19.6 Å². The third-order valence-corrected chi connectivity index (χ3v) is 4.03.